The van der Waals surface area contributed by atoms with Gasteiger partial charge in [0.05, 0.1) is 11.7 Å². The summed E-state index contributed by atoms with van der Waals surface area (Å²) < 4.78 is 1.91. The molecule has 162 valence electrons. The number of para-hydroxylation sites is 1. The first-order chi connectivity index (χ1) is 14.5. The number of thioether (sulfide) groups is 1. The molecule has 1 heterocycles. The lowest BCUT2D eigenvalue weighted by Crippen LogP contribution is -2.40. The number of benzene rings is 1. The number of carbonyl (C=O) groups excluding carboxylic acids is 2. The molecule has 0 spiro atoms. The smallest absolute Gasteiger partial charge is 0.233 e. The number of aromatic nitrogens is 3. The topological polar surface area (TPSA) is 88.9 Å². The molecule has 2 aromatic rings. The molecule has 1 aromatic carbocycles. The molecule has 1 aliphatic carbocycles. The summed E-state index contributed by atoms with van der Waals surface area (Å²) in [7, 11) is 0. The third kappa shape index (κ3) is 5.84. The number of nitrogens with one attached hydrogen (secondary N) is 2. The van der Waals surface area contributed by atoms with Crippen LogP contribution in [0.5, 0.6) is 0 Å². The van der Waals surface area contributed by atoms with Gasteiger partial charge < -0.3 is 15.2 Å². The van der Waals surface area contributed by atoms with Crippen molar-refractivity contribution in [2.75, 3.05) is 5.32 Å². The first-order valence-electron chi connectivity index (χ1n) is 10.7. The maximum absolute atomic E-state index is 12.6. The van der Waals surface area contributed by atoms with Gasteiger partial charge in [-0.1, -0.05) is 49.2 Å². The summed E-state index contributed by atoms with van der Waals surface area (Å²) in [5, 5.41) is 15.0. The number of anilines is 1. The van der Waals surface area contributed by atoms with Crippen molar-refractivity contribution in [2.24, 2.45) is 0 Å². The average molecular weight is 430 g/mol. The van der Waals surface area contributed by atoms with Crippen LogP contribution < -0.4 is 10.6 Å². The fourth-order valence-electron chi connectivity index (χ4n) is 3.68. The van der Waals surface area contributed by atoms with Crippen LogP contribution in [0, 0.1) is 6.92 Å². The highest BCUT2D eigenvalue weighted by atomic mass is 32.2. The van der Waals surface area contributed by atoms with E-state index in [1.807, 2.05) is 49.6 Å². The zero-order chi connectivity index (χ0) is 21.5. The molecule has 2 N–H and O–H groups in total. The highest BCUT2D eigenvalue weighted by molar-refractivity contribution is 8.00. The molecule has 3 rings (SSSR count). The fourth-order valence-corrected chi connectivity index (χ4v) is 4.62. The quantitative estimate of drug-likeness (QED) is 0.625. The van der Waals surface area contributed by atoms with Gasteiger partial charge >= 0.3 is 0 Å². The standard InChI is InChI=1S/C22H31N5O2S/c1-4-27-19(14-20(28)24-18-13-9-8-10-15(18)2)25-26-22(27)30-16(3)21(29)23-17-11-6-5-7-12-17/h8-10,13,16-17H,4-7,11-12,14H2,1-3H3,(H,23,29)(H,24,28)/t16-/m1/s1. The second-order valence-electron chi connectivity index (χ2n) is 7.79. The van der Waals surface area contributed by atoms with Crippen molar-refractivity contribution in [3.8, 4) is 0 Å². The van der Waals surface area contributed by atoms with Crippen molar-refractivity contribution in [3.05, 3.63) is 35.7 Å². The van der Waals surface area contributed by atoms with Crippen molar-refractivity contribution in [1.29, 1.82) is 0 Å². The van der Waals surface area contributed by atoms with Crippen LogP contribution in [0.15, 0.2) is 29.4 Å². The van der Waals surface area contributed by atoms with Gasteiger partial charge in [-0.15, -0.1) is 10.2 Å². The van der Waals surface area contributed by atoms with Crippen LogP contribution in [0.25, 0.3) is 0 Å². The Kier molecular flexibility index (Phi) is 7.90. The second kappa shape index (κ2) is 10.6. The molecule has 0 bridgehead atoms. The molecule has 1 saturated carbocycles. The van der Waals surface area contributed by atoms with Gasteiger partial charge in [0, 0.05) is 18.3 Å². The van der Waals surface area contributed by atoms with Crippen molar-refractivity contribution < 1.29 is 9.59 Å². The van der Waals surface area contributed by atoms with Crippen LogP contribution in [-0.2, 0) is 22.6 Å². The van der Waals surface area contributed by atoms with E-state index in [2.05, 4.69) is 20.8 Å². The van der Waals surface area contributed by atoms with Gasteiger partial charge in [-0.2, -0.15) is 0 Å². The van der Waals surface area contributed by atoms with E-state index < -0.39 is 0 Å². The number of hydrogen-bond donors (Lipinski definition) is 2. The SMILES string of the molecule is CCn1c(CC(=O)Nc2ccccc2C)nnc1S[C@H](C)C(=O)NC1CCCCC1. The number of amides is 2. The van der Waals surface area contributed by atoms with Gasteiger partial charge in [0.2, 0.25) is 11.8 Å². The molecule has 7 nitrogen and oxygen atoms in total. The molecule has 1 fully saturated rings. The van der Waals surface area contributed by atoms with Gasteiger partial charge in [0.25, 0.3) is 0 Å². The summed E-state index contributed by atoms with van der Waals surface area (Å²) in [5.74, 6) is 0.508. The van der Waals surface area contributed by atoms with Gasteiger partial charge in [-0.05, 0) is 45.2 Å². The number of hydrogen-bond acceptors (Lipinski definition) is 5. The van der Waals surface area contributed by atoms with E-state index >= 15 is 0 Å². The normalized spacial score (nSPS) is 15.6. The molecule has 8 heteroatoms. The van der Waals surface area contributed by atoms with E-state index in [4.69, 9.17) is 0 Å². The lowest BCUT2D eigenvalue weighted by Gasteiger charge is -2.24. The molecule has 1 aliphatic rings. The van der Waals surface area contributed by atoms with E-state index in [-0.39, 0.29) is 23.5 Å². The summed E-state index contributed by atoms with van der Waals surface area (Å²) in [5.41, 5.74) is 1.81. The van der Waals surface area contributed by atoms with E-state index in [0.29, 0.717) is 23.6 Å². The van der Waals surface area contributed by atoms with E-state index in [9.17, 15) is 9.59 Å². The Hall–Kier alpha value is -2.35. The van der Waals surface area contributed by atoms with E-state index in [1.54, 1.807) is 0 Å². The predicted octanol–water partition coefficient (Wildman–Crippen LogP) is 3.72. The Morgan fingerprint density at radius 3 is 2.63 bits per heavy atom. The molecule has 1 aromatic heterocycles. The molecule has 0 radical (unpaired) electrons. The van der Waals surface area contributed by atoms with Crippen LogP contribution in [0.3, 0.4) is 0 Å². The first-order valence-corrected chi connectivity index (χ1v) is 11.6. The summed E-state index contributed by atoms with van der Waals surface area (Å²) in [4.78, 5) is 25.1. The zero-order valence-corrected chi connectivity index (χ0v) is 18.8. The van der Waals surface area contributed by atoms with Crippen molar-refractivity contribution >= 4 is 29.3 Å². The maximum atomic E-state index is 12.6. The summed E-state index contributed by atoms with van der Waals surface area (Å²) >= 11 is 1.39. The zero-order valence-electron chi connectivity index (χ0n) is 18.0. The van der Waals surface area contributed by atoms with Crippen LogP contribution in [0.1, 0.15) is 57.3 Å². The second-order valence-corrected chi connectivity index (χ2v) is 9.09. The lowest BCUT2D eigenvalue weighted by molar-refractivity contribution is -0.121. The van der Waals surface area contributed by atoms with Crippen LogP contribution in [-0.4, -0.2) is 37.9 Å². The first kappa shape index (κ1) is 22.3. The number of rotatable bonds is 8. The summed E-state index contributed by atoms with van der Waals surface area (Å²) in [6.07, 6.45) is 5.90. The number of aryl methyl sites for hydroxylation is 1. The van der Waals surface area contributed by atoms with Crippen LogP contribution in [0.2, 0.25) is 0 Å². The third-order valence-electron chi connectivity index (χ3n) is 5.45. The van der Waals surface area contributed by atoms with Gasteiger partial charge in [0.1, 0.15) is 5.82 Å². The fraction of sp³-hybridized carbons (Fsp3) is 0.545. The van der Waals surface area contributed by atoms with Crippen molar-refractivity contribution in [2.45, 2.75) is 82.3 Å². The molecular formula is C22H31N5O2S. The van der Waals surface area contributed by atoms with Crippen LogP contribution >= 0.6 is 11.8 Å². The highest BCUT2D eigenvalue weighted by Crippen LogP contribution is 2.24. The van der Waals surface area contributed by atoms with E-state index in [1.165, 1.54) is 31.0 Å². The number of carbonyl (C=O) groups is 2. The van der Waals surface area contributed by atoms with Crippen LogP contribution in [0.4, 0.5) is 5.69 Å². The summed E-state index contributed by atoms with van der Waals surface area (Å²) in [6, 6.07) is 7.96. The van der Waals surface area contributed by atoms with Crippen molar-refractivity contribution in [1.82, 2.24) is 20.1 Å². The van der Waals surface area contributed by atoms with E-state index in [0.717, 1.165) is 24.1 Å². The Morgan fingerprint density at radius 1 is 1.20 bits per heavy atom. The monoisotopic (exact) mass is 429 g/mol. The Labute approximate surface area is 182 Å². The predicted molar refractivity (Wildman–Crippen MR) is 120 cm³/mol. The molecule has 0 saturated heterocycles. The van der Waals surface area contributed by atoms with Gasteiger partial charge in [0.15, 0.2) is 5.16 Å². The average Bonchev–Trinajstić information content (AvgIpc) is 3.11. The molecule has 1 atom stereocenters. The minimum Gasteiger partial charge on any atom is -0.352 e. The maximum Gasteiger partial charge on any atom is 0.233 e. The third-order valence-corrected chi connectivity index (χ3v) is 6.53. The van der Waals surface area contributed by atoms with Gasteiger partial charge in [-0.25, -0.2) is 0 Å². The molecule has 30 heavy (non-hydrogen) atoms. The minimum absolute atomic E-state index is 0.0383. The largest absolute Gasteiger partial charge is 0.352 e. The lowest BCUT2D eigenvalue weighted by atomic mass is 9.95. The molecular weight excluding hydrogens is 398 g/mol. The summed E-state index contributed by atoms with van der Waals surface area (Å²) in [6.45, 7) is 6.48. The Balaban J connectivity index is 1.59. The Bertz CT molecular complexity index is 876. The number of nitrogens with zero attached hydrogens (tertiary/aromatic N) is 3. The molecule has 0 unspecified atom stereocenters. The Morgan fingerprint density at radius 2 is 1.93 bits per heavy atom. The molecule has 0 aliphatic heterocycles. The highest BCUT2D eigenvalue weighted by Gasteiger charge is 2.23. The van der Waals surface area contributed by atoms with Crippen molar-refractivity contribution in [3.63, 3.8) is 0 Å². The van der Waals surface area contributed by atoms with Gasteiger partial charge in [-0.3, -0.25) is 9.59 Å². The molecule has 2 amide bonds. The minimum atomic E-state index is -0.268.